The topological polar surface area (TPSA) is 129 Å². The van der Waals surface area contributed by atoms with Gasteiger partial charge in [0.2, 0.25) is 5.96 Å². The smallest absolute Gasteiger partial charge is 0.340 e. The fourth-order valence-electron chi connectivity index (χ4n) is 1.17. The fraction of sp³-hybridized carbons (Fsp3) is 0.100. The Balaban J connectivity index is 3.24. The zero-order chi connectivity index (χ0) is 14.6. The highest BCUT2D eigenvalue weighted by atomic mass is 19.2. The van der Waals surface area contributed by atoms with E-state index < -0.39 is 34.8 Å². The van der Waals surface area contributed by atoms with E-state index in [0.717, 1.165) is 19.2 Å². The lowest BCUT2D eigenvalue weighted by atomic mass is 10.2. The molecule has 0 atom stereocenters. The van der Waals surface area contributed by atoms with Gasteiger partial charge in [-0.05, 0) is 12.1 Å². The van der Waals surface area contributed by atoms with E-state index >= 15 is 0 Å². The van der Waals surface area contributed by atoms with E-state index in [2.05, 4.69) is 14.7 Å². The molecule has 0 aliphatic heterocycles. The van der Waals surface area contributed by atoms with Crippen LogP contribution in [-0.4, -0.2) is 25.0 Å². The maximum Gasteiger partial charge on any atom is 0.340 e. The SMILES string of the molecule is COC(=O)c1ccc(N=C(N)N=C(N)N)c(F)c1F. The Bertz CT molecular complexity index is 567. The standard InChI is InChI=1S/C10H11F2N5O2/c1-19-8(18)4-2-3-5(7(12)6(4)11)16-10(15)17-9(13)14/h2-3H,1H3,(H6,13,14,15,16,17). The molecule has 0 unspecified atom stereocenters. The minimum Gasteiger partial charge on any atom is -0.465 e. The third-order valence-electron chi connectivity index (χ3n) is 1.95. The predicted molar refractivity (Wildman–Crippen MR) is 64.8 cm³/mol. The van der Waals surface area contributed by atoms with Crippen molar-refractivity contribution in [2.45, 2.75) is 0 Å². The van der Waals surface area contributed by atoms with Crippen LogP contribution in [0.15, 0.2) is 22.1 Å². The second kappa shape index (κ2) is 5.76. The molecule has 19 heavy (non-hydrogen) atoms. The van der Waals surface area contributed by atoms with Gasteiger partial charge in [0.05, 0.1) is 12.7 Å². The molecule has 9 heteroatoms. The molecule has 1 aromatic carbocycles. The molecule has 0 heterocycles. The van der Waals surface area contributed by atoms with E-state index in [1.807, 2.05) is 0 Å². The summed E-state index contributed by atoms with van der Waals surface area (Å²) in [5.41, 5.74) is 14.3. The second-order valence-electron chi connectivity index (χ2n) is 3.26. The molecular formula is C10H11F2N5O2. The molecule has 0 radical (unpaired) electrons. The first-order chi connectivity index (χ1) is 8.86. The van der Waals surface area contributed by atoms with E-state index in [-0.39, 0.29) is 5.96 Å². The molecule has 0 amide bonds. The molecule has 6 N–H and O–H groups in total. The summed E-state index contributed by atoms with van der Waals surface area (Å²) >= 11 is 0. The third-order valence-corrected chi connectivity index (χ3v) is 1.95. The van der Waals surface area contributed by atoms with Crippen LogP contribution < -0.4 is 17.2 Å². The van der Waals surface area contributed by atoms with Crippen molar-refractivity contribution in [1.82, 2.24) is 0 Å². The van der Waals surface area contributed by atoms with Crippen LogP contribution in [0.3, 0.4) is 0 Å². The van der Waals surface area contributed by atoms with Gasteiger partial charge in [0.1, 0.15) is 5.69 Å². The van der Waals surface area contributed by atoms with Crippen molar-refractivity contribution < 1.29 is 18.3 Å². The Morgan fingerprint density at radius 3 is 2.37 bits per heavy atom. The number of guanidine groups is 2. The number of ether oxygens (including phenoxy) is 1. The van der Waals surface area contributed by atoms with E-state index in [9.17, 15) is 13.6 Å². The number of esters is 1. The summed E-state index contributed by atoms with van der Waals surface area (Å²) in [5.74, 6) is -4.61. The summed E-state index contributed by atoms with van der Waals surface area (Å²) in [6.07, 6.45) is 0. The van der Waals surface area contributed by atoms with Crippen molar-refractivity contribution in [2.24, 2.45) is 27.2 Å². The van der Waals surface area contributed by atoms with E-state index in [0.29, 0.717) is 0 Å². The monoisotopic (exact) mass is 271 g/mol. The lowest BCUT2D eigenvalue weighted by Gasteiger charge is -2.04. The minimum atomic E-state index is -1.40. The number of hydrogen-bond donors (Lipinski definition) is 3. The van der Waals surface area contributed by atoms with Crippen molar-refractivity contribution >= 4 is 23.6 Å². The molecule has 0 spiro atoms. The zero-order valence-electron chi connectivity index (χ0n) is 9.85. The van der Waals surface area contributed by atoms with Gasteiger partial charge in [-0.2, -0.15) is 4.99 Å². The number of nitrogens with two attached hydrogens (primary N) is 3. The van der Waals surface area contributed by atoms with Gasteiger partial charge in [0.25, 0.3) is 0 Å². The number of nitrogens with zero attached hydrogens (tertiary/aromatic N) is 2. The Morgan fingerprint density at radius 2 is 1.84 bits per heavy atom. The molecule has 0 saturated heterocycles. The van der Waals surface area contributed by atoms with E-state index in [1.54, 1.807) is 0 Å². The molecule has 102 valence electrons. The Labute approximate surface area is 106 Å². The molecule has 0 bridgehead atoms. The Kier molecular flexibility index (Phi) is 4.35. The van der Waals surface area contributed by atoms with Gasteiger partial charge in [-0.3, -0.25) is 0 Å². The summed E-state index contributed by atoms with van der Waals surface area (Å²) in [6, 6.07) is 2.05. The Morgan fingerprint density at radius 1 is 1.21 bits per heavy atom. The van der Waals surface area contributed by atoms with Crippen LogP contribution in [0.1, 0.15) is 10.4 Å². The van der Waals surface area contributed by atoms with Gasteiger partial charge in [0.15, 0.2) is 17.6 Å². The molecule has 0 aliphatic carbocycles. The first kappa shape index (κ1) is 14.4. The highest BCUT2D eigenvalue weighted by molar-refractivity contribution is 5.94. The largest absolute Gasteiger partial charge is 0.465 e. The van der Waals surface area contributed by atoms with Gasteiger partial charge in [-0.1, -0.05) is 0 Å². The number of rotatable bonds is 2. The van der Waals surface area contributed by atoms with Crippen LogP contribution >= 0.6 is 0 Å². The lowest BCUT2D eigenvalue weighted by Crippen LogP contribution is -2.26. The van der Waals surface area contributed by atoms with Crippen molar-refractivity contribution in [3.05, 3.63) is 29.3 Å². The van der Waals surface area contributed by atoms with Crippen LogP contribution in [0.4, 0.5) is 14.5 Å². The van der Waals surface area contributed by atoms with Crippen LogP contribution in [0, 0.1) is 11.6 Å². The first-order valence-corrected chi connectivity index (χ1v) is 4.87. The number of carbonyl (C=O) groups excluding carboxylic acids is 1. The highest BCUT2D eigenvalue weighted by Gasteiger charge is 2.19. The highest BCUT2D eigenvalue weighted by Crippen LogP contribution is 2.23. The van der Waals surface area contributed by atoms with E-state index in [1.165, 1.54) is 0 Å². The maximum atomic E-state index is 13.6. The van der Waals surface area contributed by atoms with Gasteiger partial charge in [-0.25, -0.2) is 18.6 Å². The third kappa shape index (κ3) is 3.37. The summed E-state index contributed by atoms with van der Waals surface area (Å²) in [5, 5.41) is 0. The summed E-state index contributed by atoms with van der Waals surface area (Å²) in [6.45, 7) is 0. The van der Waals surface area contributed by atoms with Gasteiger partial charge in [-0.15, -0.1) is 0 Å². The van der Waals surface area contributed by atoms with E-state index in [4.69, 9.17) is 17.2 Å². The Hall–Kier alpha value is -2.71. The van der Waals surface area contributed by atoms with Crippen LogP contribution in [0.25, 0.3) is 0 Å². The van der Waals surface area contributed by atoms with Gasteiger partial charge in [0, 0.05) is 0 Å². The summed E-state index contributed by atoms with van der Waals surface area (Å²) < 4.78 is 31.4. The molecule has 0 saturated carbocycles. The van der Waals surface area contributed by atoms with Crippen LogP contribution in [0.2, 0.25) is 0 Å². The van der Waals surface area contributed by atoms with Crippen molar-refractivity contribution in [3.8, 4) is 0 Å². The molecular weight excluding hydrogens is 260 g/mol. The fourth-order valence-corrected chi connectivity index (χ4v) is 1.17. The number of carbonyl (C=O) groups is 1. The first-order valence-electron chi connectivity index (χ1n) is 4.87. The molecule has 1 aromatic rings. The predicted octanol–water partition coefficient (Wildman–Crippen LogP) is -0.0290. The number of methoxy groups -OCH3 is 1. The number of halogens is 2. The quantitative estimate of drug-likeness (QED) is 0.395. The van der Waals surface area contributed by atoms with Gasteiger partial charge < -0.3 is 21.9 Å². The van der Waals surface area contributed by atoms with Crippen molar-refractivity contribution in [3.63, 3.8) is 0 Å². The van der Waals surface area contributed by atoms with Crippen LogP contribution in [-0.2, 0) is 4.74 Å². The second-order valence-corrected chi connectivity index (χ2v) is 3.26. The lowest BCUT2D eigenvalue weighted by molar-refractivity contribution is 0.0594. The van der Waals surface area contributed by atoms with Crippen LogP contribution in [0.5, 0.6) is 0 Å². The molecule has 0 fully saturated rings. The molecule has 1 rings (SSSR count). The van der Waals surface area contributed by atoms with Gasteiger partial charge >= 0.3 is 5.97 Å². The average Bonchev–Trinajstić information content (AvgIpc) is 2.33. The molecule has 7 nitrogen and oxygen atoms in total. The normalized spacial score (nSPS) is 11.0. The summed E-state index contributed by atoms with van der Waals surface area (Å²) in [4.78, 5) is 17.9. The number of hydrogen-bond acceptors (Lipinski definition) is 3. The minimum absolute atomic E-state index is 0.381. The molecule has 0 aromatic heterocycles. The maximum absolute atomic E-state index is 13.6. The number of benzene rings is 1. The summed E-state index contributed by atoms with van der Waals surface area (Å²) in [7, 11) is 1.04. The molecule has 0 aliphatic rings. The number of aliphatic imine (C=N–C) groups is 2. The van der Waals surface area contributed by atoms with Crippen molar-refractivity contribution in [2.75, 3.05) is 7.11 Å². The zero-order valence-corrected chi connectivity index (χ0v) is 9.85. The van der Waals surface area contributed by atoms with Crippen molar-refractivity contribution in [1.29, 1.82) is 0 Å². The average molecular weight is 271 g/mol.